The predicted octanol–water partition coefficient (Wildman–Crippen LogP) is 4.33. The Labute approximate surface area is 136 Å². The SMILES string of the molecule is Cc1ccc(Cl)cc1NC(=O)[C@@H](C)N[C@@H](C)c1ccccc1. The zero-order valence-corrected chi connectivity index (χ0v) is 13.8. The molecule has 0 saturated heterocycles. The highest BCUT2D eigenvalue weighted by Crippen LogP contribution is 2.20. The first-order chi connectivity index (χ1) is 10.5. The van der Waals surface area contributed by atoms with E-state index in [9.17, 15) is 4.79 Å². The van der Waals surface area contributed by atoms with Gasteiger partial charge in [0.1, 0.15) is 0 Å². The lowest BCUT2D eigenvalue weighted by molar-refractivity contribution is -0.117. The number of hydrogen-bond acceptors (Lipinski definition) is 2. The van der Waals surface area contributed by atoms with E-state index in [1.54, 1.807) is 6.07 Å². The molecule has 4 heteroatoms. The molecule has 1 amide bonds. The fourth-order valence-corrected chi connectivity index (χ4v) is 2.43. The van der Waals surface area contributed by atoms with Crippen LogP contribution < -0.4 is 10.6 Å². The van der Waals surface area contributed by atoms with Crippen molar-refractivity contribution in [3.05, 3.63) is 64.7 Å². The number of carbonyl (C=O) groups excluding carboxylic acids is 1. The van der Waals surface area contributed by atoms with Gasteiger partial charge < -0.3 is 5.32 Å². The molecule has 0 unspecified atom stereocenters. The summed E-state index contributed by atoms with van der Waals surface area (Å²) in [4.78, 5) is 12.3. The normalized spacial score (nSPS) is 13.5. The fraction of sp³-hybridized carbons (Fsp3) is 0.278. The first-order valence-electron chi connectivity index (χ1n) is 7.35. The molecule has 0 aliphatic rings. The molecule has 0 aliphatic heterocycles. The number of halogens is 1. The van der Waals surface area contributed by atoms with Gasteiger partial charge in [-0.05, 0) is 44.0 Å². The van der Waals surface area contributed by atoms with Gasteiger partial charge in [-0.2, -0.15) is 0 Å². The molecular weight excluding hydrogens is 296 g/mol. The van der Waals surface area contributed by atoms with Crippen molar-refractivity contribution in [2.45, 2.75) is 32.9 Å². The fourth-order valence-electron chi connectivity index (χ4n) is 2.26. The van der Waals surface area contributed by atoms with E-state index in [0.29, 0.717) is 5.02 Å². The minimum absolute atomic E-state index is 0.0758. The summed E-state index contributed by atoms with van der Waals surface area (Å²) in [6.45, 7) is 5.84. The molecule has 2 aromatic carbocycles. The van der Waals surface area contributed by atoms with Crippen molar-refractivity contribution in [1.82, 2.24) is 5.32 Å². The second kappa shape index (κ2) is 7.43. The van der Waals surface area contributed by atoms with E-state index in [1.165, 1.54) is 0 Å². The molecule has 0 aromatic heterocycles. The van der Waals surface area contributed by atoms with Gasteiger partial charge in [0.2, 0.25) is 5.91 Å². The maximum atomic E-state index is 12.3. The highest BCUT2D eigenvalue weighted by Gasteiger charge is 2.17. The predicted molar refractivity (Wildman–Crippen MR) is 92.3 cm³/mol. The third-order valence-corrected chi connectivity index (χ3v) is 3.89. The summed E-state index contributed by atoms with van der Waals surface area (Å²) in [5, 5.41) is 6.84. The Balaban J connectivity index is 1.99. The Bertz CT molecular complexity index is 643. The van der Waals surface area contributed by atoms with Crippen molar-refractivity contribution >= 4 is 23.2 Å². The highest BCUT2D eigenvalue weighted by molar-refractivity contribution is 6.31. The van der Waals surface area contributed by atoms with E-state index in [0.717, 1.165) is 16.8 Å². The zero-order valence-electron chi connectivity index (χ0n) is 13.1. The van der Waals surface area contributed by atoms with Crippen LogP contribution in [-0.4, -0.2) is 11.9 Å². The Kier molecular flexibility index (Phi) is 5.58. The lowest BCUT2D eigenvalue weighted by Crippen LogP contribution is -2.39. The van der Waals surface area contributed by atoms with E-state index in [2.05, 4.69) is 10.6 Å². The number of hydrogen-bond donors (Lipinski definition) is 2. The van der Waals surface area contributed by atoms with Crippen LogP contribution in [0.1, 0.15) is 31.0 Å². The first-order valence-corrected chi connectivity index (χ1v) is 7.73. The van der Waals surface area contributed by atoms with Crippen molar-refractivity contribution in [3.63, 3.8) is 0 Å². The van der Waals surface area contributed by atoms with Crippen LogP contribution in [0.3, 0.4) is 0 Å². The molecule has 0 saturated carbocycles. The first kappa shape index (κ1) is 16.5. The van der Waals surface area contributed by atoms with Crippen LogP contribution in [0.25, 0.3) is 0 Å². The number of rotatable bonds is 5. The van der Waals surface area contributed by atoms with Gasteiger partial charge in [0.25, 0.3) is 0 Å². The molecule has 0 heterocycles. The van der Waals surface area contributed by atoms with Crippen molar-refractivity contribution in [1.29, 1.82) is 0 Å². The zero-order chi connectivity index (χ0) is 16.1. The van der Waals surface area contributed by atoms with Gasteiger partial charge in [-0.3, -0.25) is 10.1 Å². The second-order valence-corrected chi connectivity index (χ2v) is 5.91. The molecule has 0 radical (unpaired) electrons. The average molecular weight is 317 g/mol. The largest absolute Gasteiger partial charge is 0.324 e. The molecule has 0 aliphatic carbocycles. The number of amides is 1. The Hall–Kier alpha value is -1.84. The molecule has 22 heavy (non-hydrogen) atoms. The minimum Gasteiger partial charge on any atom is -0.324 e. The summed E-state index contributed by atoms with van der Waals surface area (Å²) in [6, 6.07) is 15.3. The summed E-state index contributed by atoms with van der Waals surface area (Å²) >= 11 is 5.98. The Morgan fingerprint density at radius 1 is 1.09 bits per heavy atom. The maximum Gasteiger partial charge on any atom is 0.241 e. The summed E-state index contributed by atoms with van der Waals surface area (Å²) in [6.07, 6.45) is 0. The van der Waals surface area contributed by atoms with Crippen LogP contribution in [0.15, 0.2) is 48.5 Å². The van der Waals surface area contributed by atoms with E-state index in [1.807, 2.05) is 63.2 Å². The summed E-state index contributed by atoms with van der Waals surface area (Å²) in [5.41, 5.74) is 2.89. The molecule has 2 rings (SSSR count). The van der Waals surface area contributed by atoms with E-state index < -0.39 is 0 Å². The smallest absolute Gasteiger partial charge is 0.241 e. The van der Waals surface area contributed by atoms with Crippen LogP contribution in [0.4, 0.5) is 5.69 Å². The van der Waals surface area contributed by atoms with E-state index in [4.69, 9.17) is 11.6 Å². The summed E-state index contributed by atoms with van der Waals surface area (Å²) in [5.74, 6) is -0.0758. The van der Waals surface area contributed by atoms with Gasteiger partial charge in [0, 0.05) is 16.8 Å². The van der Waals surface area contributed by atoms with Gasteiger partial charge in [-0.25, -0.2) is 0 Å². The molecule has 0 spiro atoms. The number of nitrogens with one attached hydrogen (secondary N) is 2. The van der Waals surface area contributed by atoms with Crippen molar-refractivity contribution in [3.8, 4) is 0 Å². The second-order valence-electron chi connectivity index (χ2n) is 5.47. The van der Waals surface area contributed by atoms with Gasteiger partial charge in [-0.1, -0.05) is 48.0 Å². The van der Waals surface area contributed by atoms with Gasteiger partial charge in [0.15, 0.2) is 0 Å². The number of anilines is 1. The Morgan fingerprint density at radius 3 is 2.45 bits per heavy atom. The monoisotopic (exact) mass is 316 g/mol. The van der Waals surface area contributed by atoms with Crippen LogP contribution in [-0.2, 0) is 4.79 Å². The van der Waals surface area contributed by atoms with Gasteiger partial charge in [0.05, 0.1) is 6.04 Å². The molecule has 0 bridgehead atoms. The lowest BCUT2D eigenvalue weighted by atomic mass is 10.1. The van der Waals surface area contributed by atoms with Gasteiger partial charge >= 0.3 is 0 Å². The summed E-state index contributed by atoms with van der Waals surface area (Å²) in [7, 11) is 0. The van der Waals surface area contributed by atoms with E-state index in [-0.39, 0.29) is 18.0 Å². The van der Waals surface area contributed by atoms with Crippen LogP contribution in [0.2, 0.25) is 5.02 Å². The lowest BCUT2D eigenvalue weighted by Gasteiger charge is -2.20. The molecule has 2 aromatic rings. The number of carbonyl (C=O) groups is 1. The topological polar surface area (TPSA) is 41.1 Å². The third kappa shape index (κ3) is 4.33. The van der Waals surface area contributed by atoms with Crippen LogP contribution in [0, 0.1) is 6.92 Å². The van der Waals surface area contributed by atoms with Crippen LogP contribution >= 0.6 is 11.6 Å². The minimum atomic E-state index is -0.311. The number of benzene rings is 2. The maximum absolute atomic E-state index is 12.3. The quantitative estimate of drug-likeness (QED) is 0.862. The van der Waals surface area contributed by atoms with Crippen molar-refractivity contribution in [2.75, 3.05) is 5.32 Å². The molecule has 0 fully saturated rings. The molecular formula is C18H21ClN2O. The molecule has 116 valence electrons. The summed E-state index contributed by atoms with van der Waals surface area (Å²) < 4.78 is 0. The van der Waals surface area contributed by atoms with Gasteiger partial charge in [-0.15, -0.1) is 0 Å². The Morgan fingerprint density at radius 2 is 1.77 bits per heavy atom. The van der Waals surface area contributed by atoms with Crippen molar-refractivity contribution < 1.29 is 4.79 Å². The standard InChI is InChI=1S/C18H21ClN2O/c1-12-9-10-16(19)11-17(12)21-18(22)14(3)20-13(2)15-7-5-4-6-8-15/h4-11,13-14,20H,1-3H3,(H,21,22)/t13-,14+/m0/s1. The third-order valence-electron chi connectivity index (χ3n) is 3.65. The van der Waals surface area contributed by atoms with Crippen LogP contribution in [0.5, 0.6) is 0 Å². The highest BCUT2D eigenvalue weighted by atomic mass is 35.5. The molecule has 2 atom stereocenters. The molecule has 3 nitrogen and oxygen atoms in total. The van der Waals surface area contributed by atoms with E-state index >= 15 is 0 Å². The molecule has 2 N–H and O–H groups in total. The van der Waals surface area contributed by atoms with Crippen molar-refractivity contribution in [2.24, 2.45) is 0 Å². The average Bonchev–Trinajstić information content (AvgIpc) is 2.51. The number of aryl methyl sites for hydroxylation is 1.